The molecule has 0 fully saturated rings. The Bertz CT molecular complexity index is 527. The largest absolute Gasteiger partial charge is 0.504 e. The van der Waals surface area contributed by atoms with E-state index in [1.807, 2.05) is 35.0 Å². The first-order chi connectivity index (χ1) is 8.52. The van der Waals surface area contributed by atoms with Crippen molar-refractivity contribution in [1.29, 1.82) is 0 Å². The second-order valence-electron chi connectivity index (χ2n) is 5.14. The molecule has 0 saturated heterocycles. The molecule has 0 unspecified atom stereocenters. The summed E-state index contributed by atoms with van der Waals surface area (Å²) in [7, 11) is 0. The smallest absolute Gasteiger partial charge is 0.165 e. The lowest BCUT2D eigenvalue weighted by atomic mass is 10.1. The van der Waals surface area contributed by atoms with Gasteiger partial charge in [-0.05, 0) is 19.8 Å². The molecule has 2 rings (SSSR count). The van der Waals surface area contributed by atoms with Gasteiger partial charge in [0.2, 0.25) is 0 Å². The van der Waals surface area contributed by atoms with Gasteiger partial charge in [0.05, 0.1) is 5.69 Å². The summed E-state index contributed by atoms with van der Waals surface area (Å²) in [6, 6.07) is 10.1. The van der Waals surface area contributed by atoms with Crippen LogP contribution in [-0.2, 0) is 0 Å². The fourth-order valence-corrected chi connectivity index (χ4v) is 2.16. The third-order valence-electron chi connectivity index (χ3n) is 3.00. The first-order valence-electron chi connectivity index (χ1n) is 6.39. The van der Waals surface area contributed by atoms with Crippen molar-refractivity contribution in [2.75, 3.05) is 0 Å². The van der Waals surface area contributed by atoms with Crippen molar-refractivity contribution in [3.8, 4) is 17.0 Å². The molecule has 1 heterocycles. The fraction of sp³-hybridized carbons (Fsp3) is 0.400. The number of hydrogen-bond acceptors (Lipinski definition) is 2. The molecule has 3 heteroatoms. The van der Waals surface area contributed by atoms with E-state index in [2.05, 4.69) is 32.8 Å². The van der Waals surface area contributed by atoms with E-state index in [4.69, 9.17) is 0 Å². The topological polar surface area (TPSA) is 38.1 Å². The molecule has 0 radical (unpaired) electrons. The van der Waals surface area contributed by atoms with Gasteiger partial charge < -0.3 is 5.11 Å². The van der Waals surface area contributed by atoms with Gasteiger partial charge >= 0.3 is 0 Å². The molecule has 0 spiro atoms. The van der Waals surface area contributed by atoms with Crippen LogP contribution in [0.15, 0.2) is 30.3 Å². The Hall–Kier alpha value is -1.77. The van der Waals surface area contributed by atoms with E-state index in [-0.39, 0.29) is 12.0 Å². The molecular weight excluding hydrogens is 224 g/mol. The van der Waals surface area contributed by atoms with E-state index in [1.54, 1.807) is 0 Å². The van der Waals surface area contributed by atoms with Crippen LogP contribution in [0.25, 0.3) is 11.3 Å². The van der Waals surface area contributed by atoms with Crippen LogP contribution < -0.4 is 0 Å². The first-order valence-corrected chi connectivity index (χ1v) is 6.39. The van der Waals surface area contributed by atoms with Crippen molar-refractivity contribution in [3.63, 3.8) is 0 Å². The van der Waals surface area contributed by atoms with Crippen molar-refractivity contribution in [1.82, 2.24) is 9.78 Å². The molecule has 1 aromatic heterocycles. The predicted molar refractivity (Wildman–Crippen MR) is 73.8 cm³/mol. The van der Waals surface area contributed by atoms with Gasteiger partial charge in [-0.1, -0.05) is 44.2 Å². The maximum atomic E-state index is 10.4. The van der Waals surface area contributed by atoms with Gasteiger partial charge in [-0.15, -0.1) is 0 Å². The van der Waals surface area contributed by atoms with Gasteiger partial charge in [0.1, 0.15) is 5.69 Å². The van der Waals surface area contributed by atoms with Gasteiger partial charge in [0.25, 0.3) is 0 Å². The molecule has 0 saturated carbocycles. The Morgan fingerprint density at radius 3 is 2.11 bits per heavy atom. The van der Waals surface area contributed by atoms with E-state index in [1.165, 1.54) is 0 Å². The zero-order chi connectivity index (χ0) is 13.3. The highest BCUT2D eigenvalue weighted by molar-refractivity contribution is 5.67. The van der Waals surface area contributed by atoms with Crippen LogP contribution in [0, 0.1) is 0 Å². The highest BCUT2D eigenvalue weighted by atomic mass is 16.3. The maximum Gasteiger partial charge on any atom is 0.165 e. The Kier molecular flexibility index (Phi) is 3.41. The predicted octanol–water partition coefficient (Wildman–Crippen LogP) is 3.96. The summed E-state index contributed by atoms with van der Waals surface area (Å²) in [5.41, 5.74) is 2.54. The highest BCUT2D eigenvalue weighted by Gasteiger charge is 2.21. The molecule has 0 aliphatic rings. The number of hydrogen-bond donors (Lipinski definition) is 1. The quantitative estimate of drug-likeness (QED) is 0.887. The van der Waals surface area contributed by atoms with Crippen LogP contribution in [0.3, 0.4) is 0 Å². The second-order valence-corrected chi connectivity index (χ2v) is 5.14. The summed E-state index contributed by atoms with van der Waals surface area (Å²) < 4.78 is 1.92. The number of benzene rings is 1. The van der Waals surface area contributed by atoms with Crippen molar-refractivity contribution < 1.29 is 5.11 Å². The molecule has 0 aliphatic carbocycles. The van der Waals surface area contributed by atoms with Crippen LogP contribution in [0.1, 0.15) is 45.3 Å². The van der Waals surface area contributed by atoms with E-state index < -0.39 is 0 Å². The van der Waals surface area contributed by atoms with E-state index >= 15 is 0 Å². The van der Waals surface area contributed by atoms with Gasteiger partial charge in [-0.3, -0.25) is 4.68 Å². The zero-order valence-electron chi connectivity index (χ0n) is 11.4. The number of aromatic nitrogens is 2. The molecular formula is C15H20N2O. The summed E-state index contributed by atoms with van der Waals surface area (Å²) in [5.74, 6) is 0.558. The van der Waals surface area contributed by atoms with Gasteiger partial charge in [-0.2, -0.15) is 5.10 Å². The van der Waals surface area contributed by atoms with Crippen LogP contribution in [-0.4, -0.2) is 14.9 Å². The van der Waals surface area contributed by atoms with Gasteiger partial charge in [-0.25, -0.2) is 0 Å². The first kappa shape index (κ1) is 12.7. The van der Waals surface area contributed by atoms with Gasteiger partial charge in [0, 0.05) is 11.6 Å². The van der Waals surface area contributed by atoms with Crippen molar-refractivity contribution in [3.05, 3.63) is 36.0 Å². The van der Waals surface area contributed by atoms with E-state index in [0.29, 0.717) is 11.4 Å². The maximum absolute atomic E-state index is 10.4. The van der Waals surface area contributed by atoms with Crippen LogP contribution in [0.4, 0.5) is 0 Å². The molecule has 96 valence electrons. The van der Waals surface area contributed by atoms with Gasteiger partial charge in [0.15, 0.2) is 5.75 Å². The Labute approximate surface area is 108 Å². The average molecular weight is 244 g/mol. The zero-order valence-corrected chi connectivity index (χ0v) is 11.4. The minimum Gasteiger partial charge on any atom is -0.504 e. The van der Waals surface area contributed by atoms with Crippen LogP contribution >= 0.6 is 0 Å². The van der Waals surface area contributed by atoms with Crippen LogP contribution in [0.5, 0.6) is 5.75 Å². The molecule has 0 bridgehead atoms. The highest BCUT2D eigenvalue weighted by Crippen LogP contribution is 2.36. The van der Waals surface area contributed by atoms with Crippen molar-refractivity contribution >= 4 is 0 Å². The molecule has 2 aromatic rings. The summed E-state index contributed by atoms with van der Waals surface area (Å²) in [5, 5.41) is 15.0. The lowest BCUT2D eigenvalue weighted by Gasteiger charge is -2.13. The standard InChI is InChI=1S/C15H20N2O/c1-10(2)14-15(18)13(16-17(14)11(3)4)12-8-6-5-7-9-12/h5-11,18H,1-4H3. The molecule has 1 aromatic carbocycles. The molecule has 0 aliphatic heterocycles. The SMILES string of the molecule is CC(C)c1c(O)c(-c2ccccc2)nn1C(C)C. The fourth-order valence-electron chi connectivity index (χ4n) is 2.16. The number of aromatic hydroxyl groups is 1. The average Bonchev–Trinajstić information content (AvgIpc) is 2.68. The Morgan fingerprint density at radius 2 is 1.67 bits per heavy atom. The Balaban J connectivity index is 2.61. The third kappa shape index (κ3) is 2.13. The number of rotatable bonds is 3. The molecule has 3 nitrogen and oxygen atoms in total. The summed E-state index contributed by atoms with van der Waals surface area (Å²) in [6.07, 6.45) is 0. The minimum absolute atomic E-state index is 0.241. The minimum atomic E-state index is 0.241. The van der Waals surface area contributed by atoms with E-state index in [9.17, 15) is 5.11 Å². The van der Waals surface area contributed by atoms with Crippen molar-refractivity contribution in [2.24, 2.45) is 0 Å². The van der Waals surface area contributed by atoms with E-state index in [0.717, 1.165) is 11.3 Å². The summed E-state index contributed by atoms with van der Waals surface area (Å²) in [6.45, 7) is 8.30. The normalized spacial score (nSPS) is 11.4. The third-order valence-corrected chi connectivity index (χ3v) is 3.00. The monoisotopic (exact) mass is 244 g/mol. The Morgan fingerprint density at radius 1 is 1.06 bits per heavy atom. The lowest BCUT2D eigenvalue weighted by Crippen LogP contribution is -2.08. The second kappa shape index (κ2) is 4.84. The molecule has 0 atom stereocenters. The summed E-state index contributed by atoms with van der Waals surface area (Å²) >= 11 is 0. The molecule has 1 N–H and O–H groups in total. The summed E-state index contributed by atoms with van der Waals surface area (Å²) in [4.78, 5) is 0. The molecule has 18 heavy (non-hydrogen) atoms. The van der Waals surface area contributed by atoms with Crippen molar-refractivity contribution in [2.45, 2.75) is 39.7 Å². The molecule has 0 amide bonds. The lowest BCUT2D eigenvalue weighted by molar-refractivity contribution is 0.446. The van der Waals surface area contributed by atoms with Crippen LogP contribution in [0.2, 0.25) is 0 Å². The number of nitrogens with zero attached hydrogens (tertiary/aromatic N) is 2.